The highest BCUT2D eigenvalue weighted by molar-refractivity contribution is 5.76. The second kappa shape index (κ2) is 5.69. The Labute approximate surface area is 97.3 Å². The molecule has 1 aromatic carbocycles. The van der Waals surface area contributed by atoms with Gasteiger partial charge in [0.1, 0.15) is 0 Å². The Bertz CT molecular complexity index is 369. The fraction of sp³-hybridized carbons (Fsp3) is 0.500. The van der Waals surface area contributed by atoms with Gasteiger partial charge in [0.05, 0.1) is 5.92 Å². The molecule has 1 rings (SSSR count). The average molecular weight is 220 g/mol. The third-order valence-electron chi connectivity index (χ3n) is 3.17. The summed E-state index contributed by atoms with van der Waals surface area (Å²) in [7, 11) is 0. The highest BCUT2D eigenvalue weighted by Gasteiger charge is 2.21. The molecule has 0 aromatic heterocycles. The smallest absolute Gasteiger partial charge is 0.310 e. The number of hydrogen-bond donors (Lipinski definition) is 1. The Morgan fingerprint density at radius 2 is 2.06 bits per heavy atom. The number of aryl methyl sites for hydroxylation is 1. The number of rotatable bonds is 5. The van der Waals surface area contributed by atoms with Gasteiger partial charge in [0.15, 0.2) is 0 Å². The standard InChI is InChI=1S/C14H20O2/c1-4-5-8-13(14(15)16)12-9-6-7-10(2)11(12)3/h6-7,9,13H,4-5,8H2,1-3H3,(H,15,16). The van der Waals surface area contributed by atoms with Crippen molar-refractivity contribution in [2.75, 3.05) is 0 Å². The molecule has 88 valence electrons. The number of carboxylic acids is 1. The fourth-order valence-electron chi connectivity index (χ4n) is 1.97. The van der Waals surface area contributed by atoms with Crippen LogP contribution in [-0.2, 0) is 4.79 Å². The Hall–Kier alpha value is -1.31. The van der Waals surface area contributed by atoms with Crippen LogP contribution in [0.2, 0.25) is 0 Å². The van der Waals surface area contributed by atoms with E-state index in [0.29, 0.717) is 0 Å². The van der Waals surface area contributed by atoms with Crippen LogP contribution in [0.15, 0.2) is 18.2 Å². The van der Waals surface area contributed by atoms with Crippen molar-refractivity contribution in [1.82, 2.24) is 0 Å². The fourth-order valence-corrected chi connectivity index (χ4v) is 1.97. The van der Waals surface area contributed by atoms with E-state index in [4.69, 9.17) is 0 Å². The lowest BCUT2D eigenvalue weighted by molar-refractivity contribution is -0.139. The van der Waals surface area contributed by atoms with Gasteiger partial charge in [-0.15, -0.1) is 0 Å². The van der Waals surface area contributed by atoms with Gasteiger partial charge in [-0.25, -0.2) is 0 Å². The molecule has 0 bridgehead atoms. The molecule has 0 saturated carbocycles. The van der Waals surface area contributed by atoms with E-state index in [1.807, 2.05) is 32.0 Å². The molecule has 0 radical (unpaired) electrons. The lowest BCUT2D eigenvalue weighted by Crippen LogP contribution is -2.13. The summed E-state index contributed by atoms with van der Waals surface area (Å²) < 4.78 is 0. The van der Waals surface area contributed by atoms with Gasteiger partial charge in [-0.1, -0.05) is 38.0 Å². The average Bonchev–Trinajstić information content (AvgIpc) is 2.24. The summed E-state index contributed by atoms with van der Waals surface area (Å²) in [5.74, 6) is -1.05. The summed E-state index contributed by atoms with van der Waals surface area (Å²) in [5.41, 5.74) is 3.26. The predicted molar refractivity (Wildman–Crippen MR) is 65.8 cm³/mol. The zero-order chi connectivity index (χ0) is 12.1. The number of carboxylic acid groups (broad SMARTS) is 1. The number of aliphatic carboxylic acids is 1. The summed E-state index contributed by atoms with van der Waals surface area (Å²) in [6.45, 7) is 6.12. The summed E-state index contributed by atoms with van der Waals surface area (Å²) in [5, 5.41) is 9.27. The molecule has 0 heterocycles. The van der Waals surface area contributed by atoms with Gasteiger partial charge < -0.3 is 5.11 Å². The van der Waals surface area contributed by atoms with Crippen molar-refractivity contribution in [2.24, 2.45) is 0 Å². The summed E-state index contributed by atoms with van der Waals surface area (Å²) in [6, 6.07) is 5.91. The first-order valence-corrected chi connectivity index (χ1v) is 5.86. The number of benzene rings is 1. The molecule has 0 amide bonds. The van der Waals surface area contributed by atoms with E-state index in [1.54, 1.807) is 0 Å². The number of carbonyl (C=O) groups is 1. The molecule has 0 fully saturated rings. The molecule has 0 aliphatic heterocycles. The lowest BCUT2D eigenvalue weighted by atomic mass is 9.89. The van der Waals surface area contributed by atoms with Gasteiger partial charge in [0.2, 0.25) is 0 Å². The van der Waals surface area contributed by atoms with E-state index < -0.39 is 5.97 Å². The van der Waals surface area contributed by atoms with E-state index in [1.165, 1.54) is 5.56 Å². The quantitative estimate of drug-likeness (QED) is 0.822. The molecule has 1 atom stereocenters. The van der Waals surface area contributed by atoms with Gasteiger partial charge in [-0.05, 0) is 37.0 Å². The summed E-state index contributed by atoms with van der Waals surface area (Å²) in [6.07, 6.45) is 2.73. The zero-order valence-electron chi connectivity index (χ0n) is 10.3. The van der Waals surface area contributed by atoms with Gasteiger partial charge in [-0.3, -0.25) is 4.79 Å². The predicted octanol–water partition coefficient (Wildman–Crippen LogP) is 3.66. The normalized spacial score (nSPS) is 12.4. The monoisotopic (exact) mass is 220 g/mol. The van der Waals surface area contributed by atoms with Gasteiger partial charge in [0, 0.05) is 0 Å². The first-order valence-electron chi connectivity index (χ1n) is 5.86. The van der Waals surface area contributed by atoms with Crippen LogP contribution < -0.4 is 0 Å². The van der Waals surface area contributed by atoms with E-state index >= 15 is 0 Å². The lowest BCUT2D eigenvalue weighted by Gasteiger charge is -2.16. The van der Waals surface area contributed by atoms with Crippen LogP contribution in [-0.4, -0.2) is 11.1 Å². The van der Waals surface area contributed by atoms with Crippen LogP contribution >= 0.6 is 0 Å². The zero-order valence-corrected chi connectivity index (χ0v) is 10.3. The second-order valence-corrected chi connectivity index (χ2v) is 4.32. The molecule has 2 heteroatoms. The second-order valence-electron chi connectivity index (χ2n) is 4.32. The highest BCUT2D eigenvalue weighted by Crippen LogP contribution is 2.26. The van der Waals surface area contributed by atoms with Crippen LogP contribution in [0.5, 0.6) is 0 Å². The van der Waals surface area contributed by atoms with Crippen LogP contribution in [0.25, 0.3) is 0 Å². The van der Waals surface area contributed by atoms with Crippen molar-refractivity contribution in [3.05, 3.63) is 34.9 Å². The van der Waals surface area contributed by atoms with Crippen molar-refractivity contribution in [2.45, 2.75) is 46.0 Å². The van der Waals surface area contributed by atoms with E-state index in [2.05, 4.69) is 6.92 Å². The number of hydrogen-bond acceptors (Lipinski definition) is 1. The van der Waals surface area contributed by atoms with Crippen LogP contribution in [0.1, 0.15) is 48.8 Å². The molecule has 16 heavy (non-hydrogen) atoms. The molecule has 2 nitrogen and oxygen atoms in total. The molecular weight excluding hydrogens is 200 g/mol. The van der Waals surface area contributed by atoms with E-state index in [0.717, 1.165) is 30.4 Å². The van der Waals surface area contributed by atoms with Gasteiger partial charge in [-0.2, -0.15) is 0 Å². The van der Waals surface area contributed by atoms with Crippen LogP contribution in [0.3, 0.4) is 0 Å². The Morgan fingerprint density at radius 1 is 1.38 bits per heavy atom. The van der Waals surface area contributed by atoms with Crippen molar-refractivity contribution >= 4 is 5.97 Å². The van der Waals surface area contributed by atoms with Crippen molar-refractivity contribution in [1.29, 1.82) is 0 Å². The highest BCUT2D eigenvalue weighted by atomic mass is 16.4. The summed E-state index contributed by atoms with van der Waals surface area (Å²) in [4.78, 5) is 11.3. The molecule has 0 aliphatic carbocycles. The molecule has 0 saturated heterocycles. The SMILES string of the molecule is CCCCC(C(=O)O)c1cccc(C)c1C. The Kier molecular flexibility index (Phi) is 4.53. The molecule has 0 aliphatic rings. The number of unbranched alkanes of at least 4 members (excludes halogenated alkanes) is 1. The maximum absolute atomic E-state index is 11.3. The third kappa shape index (κ3) is 2.84. The maximum Gasteiger partial charge on any atom is 0.310 e. The third-order valence-corrected chi connectivity index (χ3v) is 3.17. The van der Waals surface area contributed by atoms with Gasteiger partial charge >= 0.3 is 5.97 Å². The minimum Gasteiger partial charge on any atom is -0.481 e. The molecule has 1 aromatic rings. The summed E-state index contributed by atoms with van der Waals surface area (Å²) >= 11 is 0. The van der Waals surface area contributed by atoms with Crippen molar-refractivity contribution in [3.8, 4) is 0 Å². The van der Waals surface area contributed by atoms with Gasteiger partial charge in [0.25, 0.3) is 0 Å². The first kappa shape index (κ1) is 12.8. The molecular formula is C14H20O2. The maximum atomic E-state index is 11.3. The molecule has 1 N–H and O–H groups in total. The van der Waals surface area contributed by atoms with Crippen molar-refractivity contribution in [3.63, 3.8) is 0 Å². The van der Waals surface area contributed by atoms with Crippen LogP contribution in [0, 0.1) is 13.8 Å². The minimum absolute atomic E-state index is 0.347. The largest absolute Gasteiger partial charge is 0.481 e. The van der Waals surface area contributed by atoms with Crippen molar-refractivity contribution < 1.29 is 9.90 Å². The van der Waals surface area contributed by atoms with E-state index in [9.17, 15) is 9.90 Å². The Morgan fingerprint density at radius 3 is 2.62 bits per heavy atom. The topological polar surface area (TPSA) is 37.3 Å². The van der Waals surface area contributed by atoms with Crippen LogP contribution in [0.4, 0.5) is 0 Å². The molecule has 1 unspecified atom stereocenters. The Balaban J connectivity index is 3.01. The van der Waals surface area contributed by atoms with E-state index in [-0.39, 0.29) is 5.92 Å². The first-order chi connectivity index (χ1) is 7.57. The minimum atomic E-state index is -0.706. The molecule has 0 spiro atoms.